The van der Waals surface area contributed by atoms with Crippen LogP contribution in [0.15, 0.2) is 84.9 Å². The second-order valence-corrected chi connectivity index (χ2v) is 8.82. The third-order valence-corrected chi connectivity index (χ3v) is 6.92. The smallest absolute Gasteiger partial charge is 0.251 e. The maximum Gasteiger partial charge on any atom is 0.251 e. The first-order valence-electron chi connectivity index (χ1n) is 11.5. The molecule has 0 aliphatic carbocycles. The fourth-order valence-corrected chi connectivity index (χ4v) is 5.37. The van der Waals surface area contributed by atoms with Gasteiger partial charge in [-0.25, -0.2) is 0 Å². The van der Waals surface area contributed by atoms with Crippen LogP contribution in [-0.2, 0) is 17.6 Å². The summed E-state index contributed by atoms with van der Waals surface area (Å²) in [6.07, 6.45) is 2.95. The molecule has 5 rings (SSSR count). The highest BCUT2D eigenvalue weighted by Gasteiger charge is 2.43. The molecule has 32 heavy (non-hydrogen) atoms. The van der Waals surface area contributed by atoms with Crippen molar-refractivity contribution in [2.24, 2.45) is 5.92 Å². The molecule has 4 nitrogen and oxygen atoms in total. The summed E-state index contributed by atoms with van der Waals surface area (Å²) in [5.41, 5.74) is 4.42. The number of fused-ring (bicyclic) bond motifs is 3. The number of piperidine rings is 1. The van der Waals surface area contributed by atoms with E-state index in [0.29, 0.717) is 12.0 Å². The minimum Gasteiger partial charge on any atom is -0.349 e. The van der Waals surface area contributed by atoms with Gasteiger partial charge in [-0.05, 0) is 48.1 Å². The molecule has 1 fully saturated rings. The molecule has 3 aromatic rings. The van der Waals surface area contributed by atoms with Crippen LogP contribution in [0.2, 0.25) is 0 Å². The first-order chi connectivity index (χ1) is 15.7. The zero-order chi connectivity index (χ0) is 21.9. The minimum atomic E-state index is -0.0723. The number of rotatable bonds is 5. The Bertz CT molecular complexity index is 1100. The van der Waals surface area contributed by atoms with Gasteiger partial charge < -0.3 is 10.2 Å². The van der Waals surface area contributed by atoms with E-state index in [-0.39, 0.29) is 29.8 Å². The fourth-order valence-electron chi connectivity index (χ4n) is 5.37. The summed E-state index contributed by atoms with van der Waals surface area (Å²) in [5.74, 6) is 0.328. The summed E-state index contributed by atoms with van der Waals surface area (Å²) < 4.78 is 0. The van der Waals surface area contributed by atoms with Gasteiger partial charge in [0.15, 0.2) is 0 Å². The Balaban J connectivity index is 1.51. The summed E-state index contributed by atoms with van der Waals surface area (Å²) in [5, 5.41) is 3.35. The molecule has 0 unspecified atom stereocenters. The average molecular weight is 425 g/mol. The van der Waals surface area contributed by atoms with Crippen molar-refractivity contribution in [3.05, 3.63) is 107 Å². The maximum atomic E-state index is 13.2. The molecule has 0 aromatic heterocycles. The van der Waals surface area contributed by atoms with Crippen molar-refractivity contribution in [2.45, 2.75) is 37.8 Å². The Hall–Kier alpha value is -3.40. The third-order valence-electron chi connectivity index (χ3n) is 6.92. The van der Waals surface area contributed by atoms with Crippen molar-refractivity contribution in [1.82, 2.24) is 10.2 Å². The van der Waals surface area contributed by atoms with E-state index in [1.807, 2.05) is 48.5 Å². The molecule has 0 bridgehead atoms. The van der Waals surface area contributed by atoms with Gasteiger partial charge in [-0.1, -0.05) is 72.8 Å². The number of hydrogen-bond donors (Lipinski definition) is 1. The Labute approximate surface area is 189 Å². The van der Waals surface area contributed by atoms with Gasteiger partial charge >= 0.3 is 0 Å². The summed E-state index contributed by atoms with van der Waals surface area (Å²) in [6, 6.07) is 28.1. The van der Waals surface area contributed by atoms with Crippen LogP contribution >= 0.6 is 0 Å². The second kappa shape index (κ2) is 8.99. The van der Waals surface area contributed by atoms with Crippen molar-refractivity contribution in [1.29, 1.82) is 0 Å². The lowest BCUT2D eigenvalue weighted by atomic mass is 9.74. The Morgan fingerprint density at radius 1 is 0.906 bits per heavy atom. The monoisotopic (exact) mass is 424 g/mol. The Morgan fingerprint density at radius 3 is 2.38 bits per heavy atom. The van der Waals surface area contributed by atoms with Crippen molar-refractivity contribution in [2.75, 3.05) is 6.54 Å². The highest BCUT2D eigenvalue weighted by Crippen LogP contribution is 2.43. The minimum absolute atomic E-state index is 0.00554. The van der Waals surface area contributed by atoms with E-state index in [2.05, 4.69) is 46.6 Å². The van der Waals surface area contributed by atoms with Crippen molar-refractivity contribution in [3.8, 4) is 0 Å². The summed E-state index contributed by atoms with van der Waals surface area (Å²) in [6.45, 7) is 0.752. The molecule has 2 aliphatic heterocycles. The van der Waals surface area contributed by atoms with Crippen molar-refractivity contribution < 1.29 is 9.59 Å². The number of amides is 2. The molecule has 3 aromatic carbocycles. The Kier molecular flexibility index (Phi) is 5.76. The van der Waals surface area contributed by atoms with E-state index in [1.165, 1.54) is 16.7 Å². The molecule has 2 aliphatic rings. The van der Waals surface area contributed by atoms with E-state index >= 15 is 0 Å². The topological polar surface area (TPSA) is 49.4 Å². The zero-order valence-corrected chi connectivity index (χ0v) is 18.1. The molecule has 0 radical (unpaired) electrons. The first-order valence-corrected chi connectivity index (χ1v) is 11.5. The molecule has 0 saturated carbocycles. The molecule has 4 heteroatoms. The summed E-state index contributed by atoms with van der Waals surface area (Å²) in [4.78, 5) is 28.1. The molecule has 2 heterocycles. The van der Waals surface area contributed by atoms with Crippen LogP contribution in [0.5, 0.6) is 0 Å². The van der Waals surface area contributed by atoms with Crippen LogP contribution < -0.4 is 5.32 Å². The molecule has 2 amide bonds. The van der Waals surface area contributed by atoms with Gasteiger partial charge in [-0.15, -0.1) is 0 Å². The number of benzene rings is 3. The second-order valence-electron chi connectivity index (χ2n) is 8.82. The molecule has 1 saturated heterocycles. The molecule has 1 N–H and O–H groups in total. The van der Waals surface area contributed by atoms with E-state index in [1.54, 1.807) is 0 Å². The lowest BCUT2D eigenvalue weighted by molar-refractivity contribution is -0.140. The lowest BCUT2D eigenvalue weighted by Crippen LogP contribution is -2.53. The van der Waals surface area contributed by atoms with Crippen LogP contribution in [0.25, 0.3) is 0 Å². The van der Waals surface area contributed by atoms with Gasteiger partial charge in [0.25, 0.3) is 5.91 Å². The van der Waals surface area contributed by atoms with Crippen LogP contribution in [0, 0.1) is 5.92 Å². The first kappa shape index (κ1) is 20.5. The fraction of sp³-hybridized carbons (Fsp3) is 0.286. The molecule has 0 spiro atoms. The van der Waals surface area contributed by atoms with E-state index in [9.17, 15) is 9.59 Å². The number of nitrogens with zero attached hydrogens (tertiary/aromatic N) is 1. The Morgan fingerprint density at radius 2 is 1.59 bits per heavy atom. The molecular weight excluding hydrogens is 396 g/mol. The predicted molar refractivity (Wildman–Crippen MR) is 125 cm³/mol. The van der Waals surface area contributed by atoms with Crippen LogP contribution in [-0.4, -0.2) is 29.3 Å². The van der Waals surface area contributed by atoms with Crippen LogP contribution in [0.3, 0.4) is 0 Å². The number of hydrogen-bond acceptors (Lipinski definition) is 2. The van der Waals surface area contributed by atoms with Gasteiger partial charge in [0, 0.05) is 30.5 Å². The zero-order valence-electron chi connectivity index (χ0n) is 18.1. The van der Waals surface area contributed by atoms with Crippen LogP contribution in [0.1, 0.15) is 45.9 Å². The maximum absolute atomic E-state index is 13.2. The number of nitrogens with one attached hydrogen (secondary N) is 1. The summed E-state index contributed by atoms with van der Waals surface area (Å²) >= 11 is 0. The largest absolute Gasteiger partial charge is 0.349 e. The number of carbonyl (C=O) groups is 2. The van der Waals surface area contributed by atoms with Gasteiger partial charge in [-0.2, -0.15) is 0 Å². The molecule has 3 atom stereocenters. The normalized spacial score (nSPS) is 20.8. The highest BCUT2D eigenvalue weighted by molar-refractivity contribution is 5.94. The van der Waals surface area contributed by atoms with Gasteiger partial charge in [0.2, 0.25) is 5.91 Å². The SMILES string of the molecule is O=C(N[C@H](Cc1ccccc1)[C@H]1CCC(=O)N2CCc3ccccc3[C@@H]12)c1ccccc1. The van der Waals surface area contributed by atoms with Crippen LogP contribution in [0.4, 0.5) is 0 Å². The average Bonchev–Trinajstić information content (AvgIpc) is 2.85. The van der Waals surface area contributed by atoms with Crippen molar-refractivity contribution in [3.63, 3.8) is 0 Å². The van der Waals surface area contributed by atoms with Gasteiger partial charge in [0.1, 0.15) is 0 Å². The molecule has 162 valence electrons. The third kappa shape index (κ3) is 4.05. The van der Waals surface area contributed by atoms with Gasteiger partial charge in [0.05, 0.1) is 6.04 Å². The van der Waals surface area contributed by atoms with E-state index in [4.69, 9.17) is 0 Å². The number of carbonyl (C=O) groups excluding carboxylic acids is 2. The van der Waals surface area contributed by atoms with Gasteiger partial charge in [-0.3, -0.25) is 9.59 Å². The van der Waals surface area contributed by atoms with E-state index < -0.39 is 0 Å². The lowest BCUT2D eigenvalue weighted by Gasteiger charge is -2.47. The molecular formula is C28H28N2O2. The van der Waals surface area contributed by atoms with Crippen molar-refractivity contribution >= 4 is 11.8 Å². The standard InChI is InChI=1S/C28H28N2O2/c31-26-16-15-24(27-23-14-8-7-11-21(23)17-18-30(26)27)25(19-20-9-3-1-4-10-20)29-28(32)22-12-5-2-6-13-22/h1-14,24-25,27H,15-19H2,(H,29,32)/t24-,25-,27+/m1/s1. The highest BCUT2D eigenvalue weighted by atomic mass is 16.2. The quantitative estimate of drug-likeness (QED) is 0.653. The summed E-state index contributed by atoms with van der Waals surface area (Å²) in [7, 11) is 0. The van der Waals surface area contributed by atoms with E-state index in [0.717, 1.165) is 25.8 Å². The predicted octanol–water partition coefficient (Wildman–Crippen LogP) is 4.56.